The van der Waals surface area contributed by atoms with Gasteiger partial charge in [-0.15, -0.1) is 0 Å². The molecular formula is C11H14F3O4P. The molecule has 0 aliphatic heterocycles. The number of halogens is 3. The summed E-state index contributed by atoms with van der Waals surface area (Å²) in [5.41, 5.74) is -1.27. The topological polar surface area (TPSA) is 55.8 Å². The third-order valence-electron chi connectivity index (χ3n) is 2.21. The Morgan fingerprint density at radius 1 is 1.21 bits per heavy atom. The molecule has 19 heavy (non-hydrogen) atoms. The van der Waals surface area contributed by atoms with Gasteiger partial charge in [0.15, 0.2) is 0 Å². The van der Waals surface area contributed by atoms with E-state index in [1.165, 1.54) is 13.8 Å². The Bertz CT molecular complexity index is 477. The fraction of sp³-hybridized carbons (Fsp3) is 0.455. The lowest BCUT2D eigenvalue weighted by molar-refractivity contribution is -0.138. The molecule has 1 N–H and O–H groups in total. The zero-order chi connectivity index (χ0) is 14.7. The quantitative estimate of drug-likeness (QED) is 0.847. The maximum Gasteiger partial charge on any atom is 0.419 e. The van der Waals surface area contributed by atoms with Gasteiger partial charge in [0.05, 0.1) is 18.8 Å². The molecule has 0 spiro atoms. The van der Waals surface area contributed by atoms with Gasteiger partial charge in [0, 0.05) is 0 Å². The molecule has 0 radical (unpaired) electrons. The third kappa shape index (κ3) is 3.49. The van der Waals surface area contributed by atoms with Crippen LogP contribution in [0.2, 0.25) is 0 Å². The lowest BCUT2D eigenvalue weighted by Gasteiger charge is -2.19. The minimum Gasteiger partial charge on any atom is -0.506 e. The van der Waals surface area contributed by atoms with Gasteiger partial charge in [0.2, 0.25) is 0 Å². The zero-order valence-corrected chi connectivity index (χ0v) is 11.3. The highest BCUT2D eigenvalue weighted by atomic mass is 31.2. The van der Waals surface area contributed by atoms with E-state index in [0.717, 1.165) is 12.1 Å². The van der Waals surface area contributed by atoms with Crippen molar-refractivity contribution in [1.82, 2.24) is 0 Å². The summed E-state index contributed by atoms with van der Waals surface area (Å²) < 4.78 is 60.1. The summed E-state index contributed by atoms with van der Waals surface area (Å²) in [6, 6.07) is 2.83. The fourth-order valence-electron chi connectivity index (χ4n) is 1.50. The van der Waals surface area contributed by atoms with E-state index < -0.39 is 30.4 Å². The van der Waals surface area contributed by atoms with Crippen LogP contribution in [0.3, 0.4) is 0 Å². The van der Waals surface area contributed by atoms with E-state index in [-0.39, 0.29) is 13.2 Å². The lowest BCUT2D eigenvalue weighted by atomic mass is 10.2. The van der Waals surface area contributed by atoms with Crippen LogP contribution in [-0.4, -0.2) is 18.3 Å². The number of rotatable bonds is 5. The first-order chi connectivity index (χ1) is 8.76. The summed E-state index contributed by atoms with van der Waals surface area (Å²) in [6.07, 6.45) is -4.75. The van der Waals surface area contributed by atoms with Crippen LogP contribution in [0.25, 0.3) is 0 Å². The Kier molecular flexibility index (Phi) is 5.01. The Morgan fingerprint density at radius 3 is 2.16 bits per heavy atom. The fourth-order valence-corrected chi connectivity index (χ4v) is 3.18. The molecule has 4 nitrogen and oxygen atoms in total. The molecule has 0 saturated heterocycles. The molecule has 0 unspecified atom stereocenters. The van der Waals surface area contributed by atoms with E-state index in [9.17, 15) is 22.8 Å². The molecule has 0 aliphatic rings. The first-order valence-electron chi connectivity index (χ1n) is 5.55. The Morgan fingerprint density at radius 2 is 1.74 bits per heavy atom. The van der Waals surface area contributed by atoms with E-state index in [2.05, 4.69) is 0 Å². The number of benzene rings is 1. The van der Waals surface area contributed by atoms with E-state index >= 15 is 0 Å². The maximum atomic E-state index is 12.7. The number of phenolic OH excluding ortho intramolecular Hbond substituents is 1. The van der Waals surface area contributed by atoms with Crippen LogP contribution >= 0.6 is 7.60 Å². The van der Waals surface area contributed by atoms with Gasteiger partial charge < -0.3 is 14.2 Å². The summed E-state index contributed by atoms with van der Waals surface area (Å²) in [4.78, 5) is 0. The van der Waals surface area contributed by atoms with Crippen molar-refractivity contribution in [3.8, 4) is 5.75 Å². The molecule has 1 aromatic carbocycles. The summed E-state index contributed by atoms with van der Waals surface area (Å²) in [7, 11) is -3.96. The van der Waals surface area contributed by atoms with Gasteiger partial charge in [-0.05, 0) is 26.0 Å². The van der Waals surface area contributed by atoms with Gasteiger partial charge in [-0.3, -0.25) is 4.57 Å². The van der Waals surface area contributed by atoms with E-state index in [1.54, 1.807) is 0 Å². The minimum atomic E-state index is -4.75. The smallest absolute Gasteiger partial charge is 0.419 e. The van der Waals surface area contributed by atoms with Crippen molar-refractivity contribution in [1.29, 1.82) is 0 Å². The van der Waals surface area contributed by atoms with Crippen LogP contribution in [0.1, 0.15) is 19.4 Å². The number of para-hydroxylation sites is 1. The van der Waals surface area contributed by atoms with E-state index in [0.29, 0.717) is 6.07 Å². The van der Waals surface area contributed by atoms with Crippen molar-refractivity contribution in [2.75, 3.05) is 13.2 Å². The van der Waals surface area contributed by atoms with Crippen molar-refractivity contribution < 1.29 is 31.9 Å². The van der Waals surface area contributed by atoms with E-state index in [4.69, 9.17) is 9.05 Å². The predicted octanol–water partition coefficient (Wildman–Crippen LogP) is 3.30. The molecule has 1 rings (SSSR count). The Labute approximate surface area is 108 Å². The van der Waals surface area contributed by atoms with Gasteiger partial charge in [0.25, 0.3) is 0 Å². The van der Waals surface area contributed by atoms with Crippen molar-refractivity contribution >= 4 is 12.9 Å². The highest BCUT2D eigenvalue weighted by Crippen LogP contribution is 2.50. The first-order valence-corrected chi connectivity index (χ1v) is 7.09. The summed E-state index contributed by atoms with van der Waals surface area (Å²) >= 11 is 0. The summed E-state index contributed by atoms with van der Waals surface area (Å²) in [6.45, 7) is 3.01. The summed E-state index contributed by atoms with van der Waals surface area (Å²) in [5, 5.41) is 9.18. The van der Waals surface area contributed by atoms with Crippen LogP contribution < -0.4 is 5.30 Å². The molecule has 0 aliphatic carbocycles. The highest BCUT2D eigenvalue weighted by molar-refractivity contribution is 7.62. The van der Waals surface area contributed by atoms with Crippen LogP contribution in [0.5, 0.6) is 5.75 Å². The number of alkyl halides is 3. The lowest BCUT2D eigenvalue weighted by Crippen LogP contribution is -2.15. The number of aromatic hydroxyl groups is 1. The predicted molar refractivity (Wildman–Crippen MR) is 63.6 cm³/mol. The molecule has 8 heteroatoms. The molecule has 108 valence electrons. The zero-order valence-electron chi connectivity index (χ0n) is 10.4. The standard InChI is InChI=1S/C11H14F3O4P/c1-3-17-19(16,18-4-2)9-7-5-6-8(10(9)15)11(12,13)14/h5-7,15H,3-4H2,1-2H3. The number of hydrogen-bond donors (Lipinski definition) is 1. The van der Waals surface area contributed by atoms with Gasteiger partial charge in [-0.25, -0.2) is 0 Å². The second-order valence-corrected chi connectivity index (χ2v) is 5.50. The molecule has 0 atom stereocenters. The van der Waals surface area contributed by atoms with Gasteiger partial charge in [-0.1, -0.05) is 6.07 Å². The molecular weight excluding hydrogens is 284 g/mol. The Balaban J connectivity index is 3.37. The first kappa shape index (κ1) is 16.0. The molecule has 0 fully saturated rings. The highest BCUT2D eigenvalue weighted by Gasteiger charge is 2.39. The van der Waals surface area contributed by atoms with Crippen LogP contribution in [0, 0.1) is 0 Å². The largest absolute Gasteiger partial charge is 0.506 e. The molecule has 0 aromatic heterocycles. The summed E-state index contributed by atoms with van der Waals surface area (Å²) in [5.74, 6) is -1.12. The molecule has 0 bridgehead atoms. The maximum absolute atomic E-state index is 12.7. The normalized spacial score (nSPS) is 12.7. The van der Waals surface area contributed by atoms with Gasteiger partial charge >= 0.3 is 13.8 Å². The SMILES string of the molecule is CCOP(=O)(OCC)c1cccc(C(F)(F)F)c1O. The van der Waals surface area contributed by atoms with Gasteiger partial charge in [0.1, 0.15) is 11.1 Å². The van der Waals surface area contributed by atoms with Crippen LogP contribution in [0.4, 0.5) is 13.2 Å². The molecule has 0 saturated carbocycles. The van der Waals surface area contributed by atoms with Crippen molar-refractivity contribution in [3.05, 3.63) is 23.8 Å². The minimum absolute atomic E-state index is 0.0209. The van der Waals surface area contributed by atoms with Crippen molar-refractivity contribution in [3.63, 3.8) is 0 Å². The Hall–Kier alpha value is -1.04. The molecule has 1 aromatic rings. The van der Waals surface area contributed by atoms with Gasteiger partial charge in [-0.2, -0.15) is 13.2 Å². The van der Waals surface area contributed by atoms with Crippen LogP contribution in [-0.2, 0) is 19.8 Å². The molecule has 0 amide bonds. The average molecular weight is 298 g/mol. The van der Waals surface area contributed by atoms with Crippen molar-refractivity contribution in [2.24, 2.45) is 0 Å². The number of hydrogen-bond acceptors (Lipinski definition) is 4. The monoisotopic (exact) mass is 298 g/mol. The average Bonchev–Trinajstić information content (AvgIpc) is 2.28. The second kappa shape index (κ2) is 5.94. The van der Waals surface area contributed by atoms with Crippen LogP contribution in [0.15, 0.2) is 18.2 Å². The third-order valence-corrected chi connectivity index (χ3v) is 4.36. The second-order valence-electron chi connectivity index (χ2n) is 3.50. The van der Waals surface area contributed by atoms with Crippen molar-refractivity contribution in [2.45, 2.75) is 20.0 Å². The van der Waals surface area contributed by atoms with E-state index in [1.807, 2.05) is 0 Å². The number of phenols is 1. The molecule has 0 heterocycles.